The van der Waals surface area contributed by atoms with Crippen LogP contribution >= 0.6 is 0 Å². The lowest BCUT2D eigenvalue weighted by atomic mass is 9.90. The van der Waals surface area contributed by atoms with Crippen molar-refractivity contribution in [3.63, 3.8) is 0 Å². The molecule has 0 fully saturated rings. The van der Waals surface area contributed by atoms with E-state index in [1.54, 1.807) is 25.6 Å². The van der Waals surface area contributed by atoms with Crippen LogP contribution in [0.3, 0.4) is 0 Å². The van der Waals surface area contributed by atoms with E-state index < -0.39 is 6.29 Å². The van der Waals surface area contributed by atoms with Crippen LogP contribution in [0.1, 0.15) is 29.8 Å². The number of fused-ring (bicyclic) bond motifs is 1. The maximum absolute atomic E-state index is 10.1. The van der Waals surface area contributed by atoms with Gasteiger partial charge in [0.05, 0.1) is 25.6 Å². The number of aliphatic hydroxyl groups is 1. The molecule has 0 aliphatic carbocycles. The molecular formula is C24H26N2O4. The van der Waals surface area contributed by atoms with Crippen LogP contribution in [0.15, 0.2) is 60.9 Å². The van der Waals surface area contributed by atoms with Crippen molar-refractivity contribution < 1.29 is 19.3 Å². The number of nitrogens with zero attached hydrogens (tertiary/aromatic N) is 1. The van der Waals surface area contributed by atoms with E-state index in [4.69, 9.17) is 14.2 Å². The molecule has 0 bridgehead atoms. The highest BCUT2D eigenvalue weighted by Gasteiger charge is 2.23. The molecule has 0 radical (unpaired) electrons. The SMILES string of the molecule is COc1ccccc1-c1ccc2c(c1)OCC[C@H]2CNc1cnccc1C(O)OC. The molecule has 0 amide bonds. The van der Waals surface area contributed by atoms with Gasteiger partial charge in [-0.25, -0.2) is 0 Å². The van der Waals surface area contributed by atoms with Crippen LogP contribution in [0.4, 0.5) is 5.69 Å². The lowest BCUT2D eigenvalue weighted by Gasteiger charge is -2.27. The molecule has 1 aliphatic heterocycles. The molecule has 2 atom stereocenters. The number of benzene rings is 2. The van der Waals surface area contributed by atoms with Crippen LogP contribution < -0.4 is 14.8 Å². The number of nitrogens with one attached hydrogen (secondary N) is 1. The minimum Gasteiger partial charge on any atom is -0.496 e. The summed E-state index contributed by atoms with van der Waals surface area (Å²) in [5, 5.41) is 13.5. The number of hydrogen-bond acceptors (Lipinski definition) is 6. The second kappa shape index (κ2) is 9.15. The van der Waals surface area contributed by atoms with Crippen molar-refractivity contribution in [2.45, 2.75) is 18.6 Å². The molecule has 6 heteroatoms. The second-order valence-electron chi connectivity index (χ2n) is 7.22. The molecular weight excluding hydrogens is 380 g/mol. The number of ether oxygens (including phenoxy) is 3. The van der Waals surface area contributed by atoms with Gasteiger partial charge in [0.2, 0.25) is 0 Å². The number of hydrogen-bond donors (Lipinski definition) is 2. The third-order valence-corrected chi connectivity index (χ3v) is 5.48. The van der Waals surface area contributed by atoms with Crippen LogP contribution in [-0.2, 0) is 4.74 Å². The molecule has 0 saturated carbocycles. The maximum Gasteiger partial charge on any atom is 0.182 e. The van der Waals surface area contributed by atoms with Crippen molar-refractivity contribution in [3.05, 3.63) is 72.1 Å². The smallest absolute Gasteiger partial charge is 0.182 e. The van der Waals surface area contributed by atoms with Crippen LogP contribution in [0.5, 0.6) is 11.5 Å². The first-order valence-corrected chi connectivity index (χ1v) is 10.00. The Labute approximate surface area is 176 Å². The van der Waals surface area contributed by atoms with Crippen molar-refractivity contribution >= 4 is 5.69 Å². The van der Waals surface area contributed by atoms with E-state index >= 15 is 0 Å². The molecule has 2 N–H and O–H groups in total. The Balaban J connectivity index is 1.55. The molecule has 4 rings (SSSR count). The van der Waals surface area contributed by atoms with Crippen molar-refractivity contribution in [1.29, 1.82) is 0 Å². The van der Waals surface area contributed by atoms with Gasteiger partial charge in [0.1, 0.15) is 11.5 Å². The monoisotopic (exact) mass is 406 g/mol. The zero-order valence-electron chi connectivity index (χ0n) is 17.2. The van der Waals surface area contributed by atoms with Crippen molar-refractivity contribution in [2.75, 3.05) is 32.7 Å². The standard InChI is InChI=1S/C24H26N2O4/c1-28-22-6-4-3-5-18(22)16-7-8-19-17(10-12-30-23(19)13-16)14-26-21-15-25-11-9-20(21)24(27)29-2/h3-9,11,13,15,17,24,26-27H,10,12,14H2,1-2H3/t17-,24?/m0/s1. The van der Waals surface area contributed by atoms with Crippen LogP contribution in [0.2, 0.25) is 0 Å². The van der Waals surface area contributed by atoms with Crippen LogP contribution in [-0.4, -0.2) is 37.5 Å². The van der Waals surface area contributed by atoms with E-state index in [2.05, 4.69) is 28.5 Å². The fourth-order valence-electron chi connectivity index (χ4n) is 3.85. The van der Waals surface area contributed by atoms with Gasteiger partial charge in [0.25, 0.3) is 0 Å². The summed E-state index contributed by atoms with van der Waals surface area (Å²) in [5.74, 6) is 2.03. The Morgan fingerprint density at radius 3 is 2.90 bits per heavy atom. The lowest BCUT2D eigenvalue weighted by Crippen LogP contribution is -2.21. The number of rotatable bonds is 7. The highest BCUT2D eigenvalue weighted by molar-refractivity contribution is 5.72. The molecule has 1 unspecified atom stereocenters. The summed E-state index contributed by atoms with van der Waals surface area (Å²) >= 11 is 0. The highest BCUT2D eigenvalue weighted by atomic mass is 16.6. The van der Waals surface area contributed by atoms with Gasteiger partial charge in [-0.15, -0.1) is 0 Å². The largest absolute Gasteiger partial charge is 0.496 e. The predicted octanol–water partition coefficient (Wildman–Crippen LogP) is 4.37. The summed E-state index contributed by atoms with van der Waals surface area (Å²) in [7, 11) is 3.16. The first-order valence-electron chi connectivity index (χ1n) is 10.00. The Hall–Kier alpha value is -3.09. The quantitative estimate of drug-likeness (QED) is 0.568. The number of methoxy groups -OCH3 is 2. The number of para-hydroxylation sites is 1. The summed E-state index contributed by atoms with van der Waals surface area (Å²) in [6, 6.07) is 16.1. The minimum absolute atomic E-state index is 0.285. The summed E-state index contributed by atoms with van der Waals surface area (Å²) in [6.45, 7) is 1.37. The zero-order chi connectivity index (χ0) is 20.9. The summed E-state index contributed by atoms with van der Waals surface area (Å²) < 4.78 is 16.5. The number of pyridine rings is 1. The van der Waals surface area contributed by atoms with E-state index in [1.807, 2.05) is 24.3 Å². The highest BCUT2D eigenvalue weighted by Crippen LogP contribution is 2.39. The van der Waals surface area contributed by atoms with Crippen LogP contribution in [0.25, 0.3) is 11.1 Å². The Kier molecular flexibility index (Phi) is 6.16. The normalized spacial score (nSPS) is 16.3. The molecule has 1 aromatic heterocycles. The van der Waals surface area contributed by atoms with E-state index in [0.29, 0.717) is 18.7 Å². The first-order chi connectivity index (χ1) is 14.7. The molecule has 30 heavy (non-hydrogen) atoms. The Bertz CT molecular complexity index is 1010. The topological polar surface area (TPSA) is 72.8 Å². The van der Waals surface area contributed by atoms with Gasteiger partial charge in [-0.3, -0.25) is 4.98 Å². The molecule has 0 saturated heterocycles. The fraction of sp³-hybridized carbons (Fsp3) is 0.292. The lowest BCUT2D eigenvalue weighted by molar-refractivity contribution is -0.0764. The number of anilines is 1. The second-order valence-corrected chi connectivity index (χ2v) is 7.22. The predicted molar refractivity (Wildman–Crippen MR) is 116 cm³/mol. The Morgan fingerprint density at radius 1 is 1.20 bits per heavy atom. The van der Waals surface area contributed by atoms with E-state index in [1.165, 1.54) is 12.7 Å². The molecule has 2 heterocycles. The van der Waals surface area contributed by atoms with Gasteiger partial charge >= 0.3 is 0 Å². The van der Waals surface area contributed by atoms with E-state index in [0.717, 1.165) is 34.7 Å². The zero-order valence-corrected chi connectivity index (χ0v) is 17.2. The number of aromatic nitrogens is 1. The average molecular weight is 406 g/mol. The first kappa shape index (κ1) is 20.2. The molecule has 0 spiro atoms. The van der Waals surface area contributed by atoms with Gasteiger partial charge in [0.15, 0.2) is 6.29 Å². The van der Waals surface area contributed by atoms with Crippen molar-refractivity contribution in [2.24, 2.45) is 0 Å². The third-order valence-electron chi connectivity index (χ3n) is 5.48. The Morgan fingerprint density at radius 2 is 2.07 bits per heavy atom. The minimum atomic E-state index is -0.985. The maximum atomic E-state index is 10.1. The fourth-order valence-corrected chi connectivity index (χ4v) is 3.85. The number of aliphatic hydroxyl groups excluding tert-OH is 1. The molecule has 3 aromatic rings. The van der Waals surface area contributed by atoms with Crippen molar-refractivity contribution in [3.8, 4) is 22.6 Å². The van der Waals surface area contributed by atoms with Gasteiger partial charge in [0, 0.05) is 36.9 Å². The molecule has 2 aromatic carbocycles. The van der Waals surface area contributed by atoms with Crippen molar-refractivity contribution in [1.82, 2.24) is 4.98 Å². The van der Waals surface area contributed by atoms with Gasteiger partial charge in [-0.2, -0.15) is 0 Å². The third kappa shape index (κ3) is 4.10. The summed E-state index contributed by atoms with van der Waals surface area (Å²) in [6.07, 6.45) is 3.28. The van der Waals surface area contributed by atoms with E-state index in [9.17, 15) is 5.11 Å². The molecule has 1 aliphatic rings. The average Bonchev–Trinajstić information content (AvgIpc) is 2.82. The van der Waals surface area contributed by atoms with Gasteiger partial charge in [-0.05, 0) is 35.7 Å². The summed E-state index contributed by atoms with van der Waals surface area (Å²) in [4.78, 5) is 4.17. The van der Waals surface area contributed by atoms with E-state index in [-0.39, 0.29) is 5.92 Å². The van der Waals surface area contributed by atoms with Gasteiger partial charge < -0.3 is 24.6 Å². The molecule has 156 valence electrons. The van der Waals surface area contributed by atoms with Gasteiger partial charge in [-0.1, -0.05) is 30.3 Å². The van der Waals surface area contributed by atoms with Crippen LogP contribution in [0, 0.1) is 0 Å². The summed E-state index contributed by atoms with van der Waals surface area (Å²) in [5.41, 5.74) is 4.72. The molecule has 6 nitrogen and oxygen atoms in total.